The number of H-pyrrole nitrogens is 2. The lowest BCUT2D eigenvalue weighted by molar-refractivity contribution is -0.149. The van der Waals surface area contributed by atoms with Gasteiger partial charge in [0.2, 0.25) is 100 Å². The molecule has 0 bridgehead atoms. The zero-order valence-electron chi connectivity index (χ0n) is 70.1. The van der Waals surface area contributed by atoms with Crippen molar-refractivity contribution >= 4 is 140 Å². The number of para-hydroxylation sites is 2. The third kappa shape index (κ3) is 26.7. The predicted octanol–water partition coefficient (Wildman–Crippen LogP) is -3.59. The number of unbranched alkanes of at least 4 members (excludes halogenated alkanes) is 2. The lowest BCUT2D eigenvalue weighted by Gasteiger charge is -2.36. The number of aromatic hydroxyl groups is 1. The van der Waals surface area contributed by atoms with Crippen molar-refractivity contribution in [3.05, 3.63) is 102 Å². The Morgan fingerprint density at radius 3 is 1.72 bits per heavy atom. The van der Waals surface area contributed by atoms with Gasteiger partial charge in [0.25, 0.3) is 0 Å². The molecule has 5 aromatic rings. The number of likely N-dealkylation sites (N-methyl/N-ethyl adjacent to an activating group) is 3. The predicted molar refractivity (Wildman–Crippen MR) is 451 cm³/mol. The molecule has 0 aliphatic carbocycles. The summed E-state index contributed by atoms with van der Waals surface area (Å²) in [7, 11) is 3.89. The van der Waals surface area contributed by atoms with Gasteiger partial charge in [0.15, 0.2) is 5.78 Å². The summed E-state index contributed by atoms with van der Waals surface area (Å²) in [5.74, 6) is -19.2. The van der Waals surface area contributed by atoms with Crippen LogP contribution in [0.3, 0.4) is 0 Å². The summed E-state index contributed by atoms with van der Waals surface area (Å²) in [6, 6.07) is 2.77. The summed E-state index contributed by atoms with van der Waals surface area (Å²) in [4.78, 5) is 267. The molecule has 3 aromatic carbocycles. The second kappa shape index (κ2) is 46.1. The molecule has 672 valence electrons. The van der Waals surface area contributed by atoms with Crippen LogP contribution in [-0.4, -0.2) is 301 Å². The van der Waals surface area contributed by atoms with Crippen molar-refractivity contribution in [3.8, 4) is 5.75 Å². The SMILES string of the molecule is CCCC[C@H]1C(=O)N(C)[C@@H](CCCC)C(=O)NCC(=O)N[C@H](C(=O)NCC(N)=O)CSCC(=O)N[C@@H](Cc2ccc(O)cc2)C(=O)N(C)[C@@H](C)C(=O)N[C@@H](CC(N)=O)C(=O)N2CCC[C@H]2C(=O)NCC(=O)N[C@@H](CCC(N)=O)C(=O)N2C[C@H](O)C[C@H]2C(=O)C[C@@H](Cc2c[nH]c3ccccc23)C(=O)N[C@@H](CO)C(=O)N[C@@H](Cc2c[nH]c3ccccc23)C(=O)N1C. The highest BCUT2D eigenvalue weighted by atomic mass is 32.2. The summed E-state index contributed by atoms with van der Waals surface area (Å²) < 4.78 is 0. The van der Waals surface area contributed by atoms with Crippen LogP contribution in [0.4, 0.5) is 0 Å². The number of hydrogen-bond acceptors (Lipinski definition) is 22. The van der Waals surface area contributed by atoms with Crippen molar-refractivity contribution in [2.75, 3.05) is 72.0 Å². The van der Waals surface area contributed by atoms with Gasteiger partial charge in [-0.3, -0.25) is 86.3 Å². The van der Waals surface area contributed by atoms with E-state index in [0.29, 0.717) is 64.2 Å². The maximum absolute atomic E-state index is 15.5. The zero-order valence-corrected chi connectivity index (χ0v) is 70.9. The standard InChI is InChI=1S/C83H113N19O21S/c1-7-9-20-62-77(117)90-40-71(111)94-61(75(115)89-38-69(86)109)43-124-44-72(112)93-57(30-46-23-25-50(104)26-24-46)79(119)98(4)45(3)73(113)95-59(35-68(85)108)82(122)101-29-15-22-63(101)78(118)91-39-70(110)92-56(27-28-67(84)107)81(121)102-41-51(105)34-65(102)66(106)33-47(31-48-36-87-54-18-13-11-16-52(48)54)74(114)97-60(42-103)76(116)96-58(32-49-37-88-55-19-14-12-17-53(49)55)80(120)100(6)64(21-10-8-2)83(123)99(62)5/h11-14,16-19,23-26,36-37,45,47,51,56-65,87-88,103-105H,7-10,15,20-22,27-35,38-44H2,1-6H3,(H2,84,107)(H2,85,108)(H2,86,109)(H,89,115)(H,90,117)(H,91,118)(H,92,110)(H,93,112)(H,94,111)(H,95,113)(H,96,116)(H,97,114)/t45-,47+,51+,56-,57-,58-,59-,60-,61-,62-,63-,64-,65-/m0/s1. The molecule has 2 aromatic heterocycles. The minimum absolute atomic E-state index is 0.00871. The highest BCUT2D eigenvalue weighted by Crippen LogP contribution is 2.29. The first kappa shape index (κ1) is 96.9. The van der Waals surface area contributed by atoms with Crippen molar-refractivity contribution in [1.82, 2.24) is 82.3 Å². The highest BCUT2D eigenvalue weighted by Gasteiger charge is 2.46. The number of primary amides is 3. The Hall–Kier alpha value is -12.5. The van der Waals surface area contributed by atoms with E-state index in [2.05, 4.69) is 57.8 Å². The fourth-order valence-electron chi connectivity index (χ4n) is 15.3. The molecule has 0 unspecified atom stereocenters. The van der Waals surface area contributed by atoms with Crippen LogP contribution in [0, 0.1) is 5.92 Å². The first-order chi connectivity index (χ1) is 59.0. The topological polar surface area (TPSA) is 602 Å². The summed E-state index contributed by atoms with van der Waals surface area (Å²) in [6.45, 7) is 0.878. The number of aromatic nitrogens is 2. The third-order valence-corrected chi connectivity index (χ3v) is 23.3. The number of thioether (sulfide) groups is 1. The number of amides is 17. The molecule has 3 fully saturated rings. The number of aliphatic hydroxyl groups is 2. The number of benzene rings is 3. The van der Waals surface area contributed by atoms with Crippen molar-refractivity contribution in [1.29, 1.82) is 0 Å². The number of hydrogen-bond donors (Lipinski definition) is 17. The first-order valence-electron chi connectivity index (χ1n) is 41.2. The number of phenolic OH excluding ortho intramolecular Hbond substituents is 1. The number of Topliss-reactive ketones (excluding diaryl/α,β-unsaturated/α-hetero) is 1. The molecule has 124 heavy (non-hydrogen) atoms. The van der Waals surface area contributed by atoms with Crippen LogP contribution in [0.1, 0.15) is 121 Å². The van der Waals surface area contributed by atoms with E-state index in [1.807, 2.05) is 13.8 Å². The van der Waals surface area contributed by atoms with E-state index in [4.69, 9.17) is 17.2 Å². The Balaban J connectivity index is 1.14. The van der Waals surface area contributed by atoms with Gasteiger partial charge in [0.05, 0.1) is 50.6 Å². The average molecular weight is 1740 g/mol. The average Bonchev–Trinajstić information content (AvgIpc) is 1.67. The van der Waals surface area contributed by atoms with Crippen LogP contribution >= 0.6 is 11.8 Å². The van der Waals surface area contributed by atoms with Crippen LogP contribution in [0.5, 0.6) is 5.75 Å². The van der Waals surface area contributed by atoms with Gasteiger partial charge in [-0.25, -0.2) is 0 Å². The molecule has 13 atom stereocenters. The fraction of sp³-hybridized carbons (Fsp3) is 0.518. The molecule has 3 aliphatic heterocycles. The van der Waals surface area contributed by atoms with E-state index < -0.39 is 255 Å². The Kier molecular flexibility index (Phi) is 36.0. The van der Waals surface area contributed by atoms with Crippen molar-refractivity contribution < 1.29 is 102 Å². The number of phenols is 1. The molecule has 41 heteroatoms. The second-order valence-electron chi connectivity index (χ2n) is 31.3. The van der Waals surface area contributed by atoms with Gasteiger partial charge in [-0.15, -0.1) is 11.8 Å². The van der Waals surface area contributed by atoms with Crippen LogP contribution in [0.25, 0.3) is 21.8 Å². The van der Waals surface area contributed by atoms with Gasteiger partial charge < -0.3 is 115 Å². The Morgan fingerprint density at radius 2 is 1.10 bits per heavy atom. The van der Waals surface area contributed by atoms with E-state index in [-0.39, 0.29) is 63.7 Å². The molecular weight excluding hydrogens is 1630 g/mol. The molecular formula is C83H113N19O21S. The van der Waals surface area contributed by atoms with Gasteiger partial charge in [-0.1, -0.05) is 88.1 Å². The molecule has 0 radical (unpaired) electrons. The minimum Gasteiger partial charge on any atom is -0.508 e. The number of carbonyl (C=O) groups excluding carboxylic acids is 18. The smallest absolute Gasteiger partial charge is 0.246 e. The molecule has 0 saturated carbocycles. The van der Waals surface area contributed by atoms with E-state index in [1.54, 1.807) is 60.9 Å². The normalized spacial score (nSPS) is 24.7. The zero-order chi connectivity index (χ0) is 90.8. The molecule has 17 amide bonds. The van der Waals surface area contributed by atoms with Gasteiger partial charge >= 0.3 is 0 Å². The Morgan fingerprint density at radius 1 is 0.548 bits per heavy atom. The number of ketones is 1. The largest absolute Gasteiger partial charge is 0.508 e. The monoisotopic (exact) mass is 1740 g/mol. The number of nitrogens with two attached hydrogens (primary N) is 3. The van der Waals surface area contributed by atoms with Gasteiger partial charge in [-0.2, -0.15) is 0 Å². The third-order valence-electron chi connectivity index (χ3n) is 22.2. The van der Waals surface area contributed by atoms with E-state index >= 15 is 19.2 Å². The molecule has 5 heterocycles. The maximum atomic E-state index is 15.5. The van der Waals surface area contributed by atoms with Gasteiger partial charge in [-0.05, 0) is 86.4 Å². The molecule has 40 nitrogen and oxygen atoms in total. The van der Waals surface area contributed by atoms with E-state index in [9.17, 15) is 82.4 Å². The lowest BCUT2D eigenvalue weighted by Crippen LogP contribution is -2.60. The fourth-order valence-corrected chi connectivity index (χ4v) is 16.1. The summed E-state index contributed by atoms with van der Waals surface area (Å²) >= 11 is 0.775. The number of nitrogens with one attached hydrogen (secondary N) is 11. The Bertz CT molecular complexity index is 4730. The molecule has 8 rings (SSSR count). The quantitative estimate of drug-likeness (QED) is 0.0338. The van der Waals surface area contributed by atoms with Crippen LogP contribution in [0.2, 0.25) is 0 Å². The van der Waals surface area contributed by atoms with Crippen LogP contribution in [0.15, 0.2) is 85.2 Å². The number of nitrogens with zero attached hydrogens (tertiary/aromatic N) is 5. The summed E-state index contributed by atoms with van der Waals surface area (Å²) in [5, 5.41) is 56.4. The lowest BCUT2D eigenvalue weighted by atomic mass is 9.90. The number of aliphatic hydroxyl groups excluding tert-OH is 2. The highest BCUT2D eigenvalue weighted by molar-refractivity contribution is 8.00. The molecule has 3 aliphatic rings. The number of aromatic amines is 2. The minimum atomic E-state index is -1.85. The van der Waals surface area contributed by atoms with Crippen molar-refractivity contribution in [3.63, 3.8) is 0 Å². The molecule has 20 N–H and O–H groups in total. The second-order valence-corrected chi connectivity index (χ2v) is 32.4. The first-order valence-corrected chi connectivity index (χ1v) is 42.3. The number of rotatable bonds is 21. The molecule has 0 spiro atoms. The Labute approximate surface area is 719 Å². The maximum Gasteiger partial charge on any atom is 0.246 e. The van der Waals surface area contributed by atoms with Gasteiger partial charge in [0.1, 0.15) is 66.2 Å². The van der Waals surface area contributed by atoms with Crippen molar-refractivity contribution in [2.45, 2.75) is 196 Å². The van der Waals surface area contributed by atoms with Crippen molar-refractivity contribution in [2.24, 2.45) is 23.1 Å². The van der Waals surface area contributed by atoms with Gasteiger partial charge in [0, 0.05) is 112 Å². The van der Waals surface area contributed by atoms with E-state index in [1.165, 1.54) is 52.3 Å². The molecule has 3 saturated heterocycles. The summed E-state index contributed by atoms with van der Waals surface area (Å²) in [5.41, 5.74) is 19.2. The summed E-state index contributed by atoms with van der Waals surface area (Å²) in [6.07, 6.45) is 0.244. The van der Waals surface area contributed by atoms with E-state index in [0.717, 1.165) is 36.3 Å². The number of carbonyl (C=O) groups is 18. The van der Waals surface area contributed by atoms with Crippen LogP contribution in [-0.2, 0) is 106 Å². The van der Waals surface area contributed by atoms with Crippen LogP contribution < -0.4 is 65.1 Å². The number of fused-ring (bicyclic) bond motifs is 4.